The summed E-state index contributed by atoms with van der Waals surface area (Å²) in [6.45, 7) is 0.849. The summed E-state index contributed by atoms with van der Waals surface area (Å²) >= 11 is 3.70. The van der Waals surface area contributed by atoms with E-state index in [0.29, 0.717) is 5.41 Å². The van der Waals surface area contributed by atoms with Gasteiger partial charge in [0.25, 0.3) is 0 Å². The van der Waals surface area contributed by atoms with Crippen molar-refractivity contribution in [1.29, 1.82) is 0 Å². The third kappa shape index (κ3) is 3.74. The van der Waals surface area contributed by atoms with Crippen molar-refractivity contribution in [2.75, 3.05) is 11.9 Å². The van der Waals surface area contributed by atoms with Crippen LogP contribution in [-0.4, -0.2) is 11.9 Å². The predicted octanol–water partition coefficient (Wildman–Crippen LogP) is 4.80. The normalized spacial score (nSPS) is 19.6. The lowest BCUT2D eigenvalue weighted by molar-refractivity contribution is 0.149. The number of halogens is 1. The Hall–Kier alpha value is -0.500. The van der Waals surface area contributed by atoms with E-state index in [9.17, 15) is 0 Å². The molecule has 2 rings (SSSR count). The van der Waals surface area contributed by atoms with Crippen molar-refractivity contribution in [1.82, 2.24) is 0 Å². The molecule has 1 aromatic rings. The van der Waals surface area contributed by atoms with Gasteiger partial charge in [-0.25, -0.2) is 0 Å². The van der Waals surface area contributed by atoms with Gasteiger partial charge in [-0.3, -0.25) is 0 Å². The lowest BCUT2D eigenvalue weighted by Crippen LogP contribution is -2.29. The van der Waals surface area contributed by atoms with Crippen LogP contribution in [0, 0.1) is 5.41 Å². The van der Waals surface area contributed by atoms with E-state index in [1.807, 2.05) is 30.3 Å². The van der Waals surface area contributed by atoms with Crippen LogP contribution in [0.5, 0.6) is 5.75 Å². The van der Waals surface area contributed by atoms with E-state index in [0.717, 1.165) is 17.7 Å². The van der Waals surface area contributed by atoms with Crippen molar-refractivity contribution < 1.29 is 4.74 Å². The fourth-order valence-corrected chi connectivity index (χ4v) is 3.27. The second-order valence-corrected chi connectivity index (χ2v) is 5.71. The zero-order valence-electron chi connectivity index (χ0n) is 10.3. The van der Waals surface area contributed by atoms with Gasteiger partial charge in [-0.05, 0) is 25.0 Å². The lowest BCUT2D eigenvalue weighted by atomic mass is 9.83. The van der Waals surface area contributed by atoms with Crippen LogP contribution in [0.4, 0.5) is 0 Å². The van der Waals surface area contributed by atoms with Crippen LogP contribution in [0.1, 0.15) is 38.5 Å². The highest BCUT2D eigenvalue weighted by Crippen LogP contribution is 2.37. The standard InChI is InChI=1S/C15H21BrO/c16-12-15(10-6-1-2-7-11-15)13-17-14-8-4-3-5-9-14/h3-5,8-9H,1-2,6-7,10-13H2. The Kier molecular flexibility index (Phi) is 4.90. The van der Waals surface area contributed by atoms with E-state index < -0.39 is 0 Å². The van der Waals surface area contributed by atoms with E-state index in [2.05, 4.69) is 15.9 Å². The molecule has 0 bridgehead atoms. The van der Waals surface area contributed by atoms with Gasteiger partial charge >= 0.3 is 0 Å². The van der Waals surface area contributed by atoms with Gasteiger partial charge in [-0.1, -0.05) is 59.8 Å². The molecular formula is C15H21BrO. The molecule has 0 spiro atoms. The van der Waals surface area contributed by atoms with E-state index in [4.69, 9.17) is 4.74 Å². The van der Waals surface area contributed by atoms with E-state index in [1.54, 1.807) is 0 Å². The number of para-hydroxylation sites is 1. The molecule has 0 amide bonds. The highest BCUT2D eigenvalue weighted by atomic mass is 79.9. The molecule has 1 aliphatic rings. The van der Waals surface area contributed by atoms with Crippen molar-refractivity contribution in [2.24, 2.45) is 5.41 Å². The summed E-state index contributed by atoms with van der Waals surface area (Å²) < 4.78 is 5.97. The van der Waals surface area contributed by atoms with Gasteiger partial charge in [-0.2, -0.15) is 0 Å². The number of hydrogen-bond acceptors (Lipinski definition) is 1. The van der Waals surface area contributed by atoms with Gasteiger partial charge in [0.2, 0.25) is 0 Å². The average Bonchev–Trinajstić information content (AvgIpc) is 2.64. The molecule has 0 aliphatic heterocycles. The van der Waals surface area contributed by atoms with Crippen LogP contribution in [0.25, 0.3) is 0 Å². The Bertz CT molecular complexity index is 315. The molecule has 1 aromatic carbocycles. The van der Waals surface area contributed by atoms with Crippen LogP contribution in [-0.2, 0) is 0 Å². The quantitative estimate of drug-likeness (QED) is 0.573. The third-order valence-electron chi connectivity index (χ3n) is 3.74. The van der Waals surface area contributed by atoms with Gasteiger partial charge in [0.15, 0.2) is 0 Å². The zero-order valence-corrected chi connectivity index (χ0v) is 11.9. The molecule has 0 heterocycles. The molecule has 0 saturated heterocycles. The molecule has 17 heavy (non-hydrogen) atoms. The first kappa shape index (κ1) is 12.9. The molecule has 1 fully saturated rings. The minimum atomic E-state index is 0.354. The summed E-state index contributed by atoms with van der Waals surface area (Å²) in [6, 6.07) is 10.2. The molecular weight excluding hydrogens is 276 g/mol. The number of rotatable bonds is 4. The molecule has 1 saturated carbocycles. The summed E-state index contributed by atoms with van der Waals surface area (Å²) in [5.41, 5.74) is 0.354. The van der Waals surface area contributed by atoms with Crippen LogP contribution < -0.4 is 4.74 Å². The maximum atomic E-state index is 5.97. The SMILES string of the molecule is BrCC1(COc2ccccc2)CCCCCC1. The van der Waals surface area contributed by atoms with Crippen molar-refractivity contribution in [3.05, 3.63) is 30.3 Å². The molecule has 1 nitrogen and oxygen atoms in total. The predicted molar refractivity (Wildman–Crippen MR) is 75.9 cm³/mol. The minimum Gasteiger partial charge on any atom is -0.493 e. The topological polar surface area (TPSA) is 9.23 Å². The van der Waals surface area contributed by atoms with Crippen molar-refractivity contribution in [3.63, 3.8) is 0 Å². The van der Waals surface area contributed by atoms with E-state index >= 15 is 0 Å². The lowest BCUT2D eigenvalue weighted by Gasteiger charge is -2.30. The maximum Gasteiger partial charge on any atom is 0.119 e. The molecule has 0 unspecified atom stereocenters. The fraction of sp³-hybridized carbons (Fsp3) is 0.600. The smallest absolute Gasteiger partial charge is 0.119 e. The van der Waals surface area contributed by atoms with Gasteiger partial charge in [-0.15, -0.1) is 0 Å². The summed E-state index contributed by atoms with van der Waals surface area (Å²) in [5.74, 6) is 0.997. The first-order chi connectivity index (χ1) is 8.35. The molecule has 94 valence electrons. The fourth-order valence-electron chi connectivity index (χ4n) is 2.55. The highest BCUT2D eigenvalue weighted by Gasteiger charge is 2.30. The Labute approximate surface area is 113 Å². The summed E-state index contributed by atoms with van der Waals surface area (Å²) in [4.78, 5) is 0. The monoisotopic (exact) mass is 296 g/mol. The number of benzene rings is 1. The zero-order chi connectivity index (χ0) is 12.0. The van der Waals surface area contributed by atoms with Crippen LogP contribution >= 0.6 is 15.9 Å². The third-order valence-corrected chi connectivity index (χ3v) is 4.93. The van der Waals surface area contributed by atoms with Gasteiger partial charge < -0.3 is 4.74 Å². The summed E-state index contributed by atoms with van der Waals surface area (Å²) in [6.07, 6.45) is 8.07. The van der Waals surface area contributed by atoms with E-state index in [1.165, 1.54) is 38.5 Å². The van der Waals surface area contributed by atoms with Gasteiger partial charge in [0, 0.05) is 10.7 Å². The van der Waals surface area contributed by atoms with Crippen molar-refractivity contribution >= 4 is 15.9 Å². The van der Waals surface area contributed by atoms with E-state index in [-0.39, 0.29) is 0 Å². The molecule has 0 radical (unpaired) electrons. The molecule has 1 aliphatic carbocycles. The van der Waals surface area contributed by atoms with Crippen molar-refractivity contribution in [2.45, 2.75) is 38.5 Å². The van der Waals surface area contributed by atoms with Crippen LogP contribution in [0.2, 0.25) is 0 Å². The molecule has 0 atom stereocenters. The maximum absolute atomic E-state index is 5.97. The van der Waals surface area contributed by atoms with Crippen molar-refractivity contribution in [3.8, 4) is 5.75 Å². The molecule has 0 N–H and O–H groups in total. The second kappa shape index (κ2) is 6.44. The number of hydrogen-bond donors (Lipinski definition) is 0. The summed E-state index contributed by atoms with van der Waals surface area (Å²) in [7, 11) is 0. The second-order valence-electron chi connectivity index (χ2n) is 5.15. The van der Waals surface area contributed by atoms with Gasteiger partial charge in [0.05, 0.1) is 6.61 Å². The molecule has 0 aromatic heterocycles. The van der Waals surface area contributed by atoms with Gasteiger partial charge in [0.1, 0.15) is 5.75 Å². The number of alkyl halides is 1. The Morgan fingerprint density at radius 1 is 1.00 bits per heavy atom. The molecule has 2 heteroatoms. The summed E-state index contributed by atoms with van der Waals surface area (Å²) in [5, 5.41) is 1.06. The first-order valence-electron chi connectivity index (χ1n) is 6.58. The Balaban J connectivity index is 1.94. The van der Waals surface area contributed by atoms with Crippen LogP contribution in [0.3, 0.4) is 0 Å². The Morgan fingerprint density at radius 3 is 2.24 bits per heavy atom. The largest absolute Gasteiger partial charge is 0.493 e. The number of ether oxygens (including phenoxy) is 1. The van der Waals surface area contributed by atoms with Crippen LogP contribution in [0.15, 0.2) is 30.3 Å². The minimum absolute atomic E-state index is 0.354. The average molecular weight is 297 g/mol. The Morgan fingerprint density at radius 2 is 1.65 bits per heavy atom. The highest BCUT2D eigenvalue weighted by molar-refractivity contribution is 9.09. The first-order valence-corrected chi connectivity index (χ1v) is 7.71.